The van der Waals surface area contributed by atoms with Gasteiger partial charge in [0.25, 0.3) is 0 Å². The summed E-state index contributed by atoms with van der Waals surface area (Å²) in [5.74, 6) is -0.362. The van der Waals surface area contributed by atoms with Gasteiger partial charge in [-0.2, -0.15) is 5.26 Å². The van der Waals surface area contributed by atoms with Crippen LogP contribution in [0, 0.1) is 11.3 Å². The minimum atomic E-state index is -1.39. The van der Waals surface area contributed by atoms with E-state index in [1.165, 1.54) is 11.3 Å². The monoisotopic (exact) mass is 304 g/mol. The van der Waals surface area contributed by atoms with Crippen molar-refractivity contribution in [3.8, 4) is 6.07 Å². The lowest BCUT2D eigenvalue weighted by atomic mass is 10.2. The summed E-state index contributed by atoms with van der Waals surface area (Å²) in [6.45, 7) is 1.61. The molecule has 20 heavy (non-hydrogen) atoms. The zero-order valence-corrected chi connectivity index (χ0v) is 12.3. The molecule has 0 bridgehead atoms. The second kappa shape index (κ2) is 6.46. The molecule has 1 aromatic heterocycles. The van der Waals surface area contributed by atoms with Gasteiger partial charge in [0.1, 0.15) is 11.3 Å². The molecule has 0 aliphatic rings. The fourth-order valence-electron chi connectivity index (χ4n) is 1.57. The number of nitriles is 1. The molecule has 0 fully saturated rings. The van der Waals surface area contributed by atoms with Gasteiger partial charge in [0.15, 0.2) is 0 Å². The Morgan fingerprint density at radius 3 is 2.75 bits per heavy atom. The van der Waals surface area contributed by atoms with Crippen molar-refractivity contribution in [2.45, 2.75) is 16.4 Å². The number of hydrogen-bond donors (Lipinski definition) is 1. The van der Waals surface area contributed by atoms with Crippen LogP contribution in [-0.2, 0) is 15.6 Å². The number of nitrogens with zero attached hydrogens (tertiary/aromatic N) is 1. The summed E-state index contributed by atoms with van der Waals surface area (Å²) in [5.41, 5.74) is 0.824. The van der Waals surface area contributed by atoms with E-state index in [0.29, 0.717) is 15.5 Å². The maximum atomic E-state index is 12.2. The Kier molecular flexibility index (Phi) is 4.66. The van der Waals surface area contributed by atoms with E-state index in [1.807, 2.05) is 11.4 Å². The van der Waals surface area contributed by atoms with Crippen LogP contribution >= 0.6 is 11.3 Å². The lowest BCUT2D eigenvalue weighted by molar-refractivity contribution is -0.115. The fourth-order valence-corrected chi connectivity index (χ4v) is 3.82. The van der Waals surface area contributed by atoms with Crippen LogP contribution in [-0.4, -0.2) is 15.4 Å². The molecule has 0 radical (unpaired) electrons. The van der Waals surface area contributed by atoms with Crippen molar-refractivity contribution in [2.24, 2.45) is 0 Å². The number of para-hydroxylation sites is 1. The zero-order valence-electron chi connectivity index (χ0n) is 10.7. The summed E-state index contributed by atoms with van der Waals surface area (Å²) in [7, 11) is -1.39. The Morgan fingerprint density at radius 1 is 1.35 bits per heavy atom. The average Bonchev–Trinajstić information content (AvgIpc) is 3.00. The van der Waals surface area contributed by atoms with Crippen LogP contribution in [0.2, 0.25) is 0 Å². The molecule has 1 heterocycles. The van der Waals surface area contributed by atoms with Gasteiger partial charge >= 0.3 is 0 Å². The Morgan fingerprint density at radius 2 is 2.10 bits per heavy atom. The van der Waals surface area contributed by atoms with Crippen molar-refractivity contribution >= 4 is 33.7 Å². The van der Waals surface area contributed by atoms with Crippen LogP contribution in [0.3, 0.4) is 0 Å². The molecule has 2 rings (SSSR count). The summed E-state index contributed by atoms with van der Waals surface area (Å²) in [6, 6.07) is 12.3. The molecule has 2 unspecified atom stereocenters. The van der Waals surface area contributed by atoms with Crippen LogP contribution in [0.4, 0.5) is 5.69 Å². The third-order valence-electron chi connectivity index (χ3n) is 2.69. The topological polar surface area (TPSA) is 70.0 Å². The number of thiophene rings is 1. The van der Waals surface area contributed by atoms with Gasteiger partial charge in [0, 0.05) is 0 Å². The zero-order chi connectivity index (χ0) is 14.5. The van der Waals surface area contributed by atoms with E-state index in [0.717, 1.165) is 0 Å². The molecule has 0 aliphatic heterocycles. The molecule has 102 valence electrons. The molecular formula is C14H12N2O2S2. The lowest BCUT2D eigenvalue weighted by Crippen LogP contribution is -2.29. The molecule has 6 heteroatoms. The molecule has 0 saturated heterocycles. The van der Waals surface area contributed by atoms with Gasteiger partial charge in [-0.1, -0.05) is 18.2 Å². The summed E-state index contributed by atoms with van der Waals surface area (Å²) in [5, 5.41) is 12.8. The number of amides is 1. The highest BCUT2D eigenvalue weighted by atomic mass is 32.2. The van der Waals surface area contributed by atoms with Crippen LogP contribution in [0.5, 0.6) is 0 Å². The molecule has 1 aromatic carbocycles. The van der Waals surface area contributed by atoms with E-state index >= 15 is 0 Å². The number of rotatable bonds is 4. The van der Waals surface area contributed by atoms with Crippen molar-refractivity contribution in [3.05, 3.63) is 47.3 Å². The molecule has 2 atom stereocenters. The van der Waals surface area contributed by atoms with E-state index in [1.54, 1.807) is 43.3 Å². The van der Waals surface area contributed by atoms with E-state index in [9.17, 15) is 9.00 Å². The second-order valence-electron chi connectivity index (χ2n) is 4.02. The van der Waals surface area contributed by atoms with Crippen molar-refractivity contribution in [1.82, 2.24) is 0 Å². The summed E-state index contributed by atoms with van der Waals surface area (Å²) >= 11 is 1.36. The van der Waals surface area contributed by atoms with Crippen molar-refractivity contribution < 1.29 is 9.00 Å². The van der Waals surface area contributed by atoms with Gasteiger partial charge in [-0.15, -0.1) is 11.3 Å². The summed E-state index contributed by atoms with van der Waals surface area (Å²) in [6.07, 6.45) is 0. The third kappa shape index (κ3) is 3.13. The average molecular weight is 304 g/mol. The molecule has 1 N–H and O–H groups in total. The molecule has 0 saturated carbocycles. The quantitative estimate of drug-likeness (QED) is 0.944. The molecule has 4 nitrogen and oxygen atoms in total. The Balaban J connectivity index is 2.12. The van der Waals surface area contributed by atoms with Gasteiger partial charge in [-0.05, 0) is 30.5 Å². The highest BCUT2D eigenvalue weighted by molar-refractivity contribution is 7.88. The predicted molar refractivity (Wildman–Crippen MR) is 80.0 cm³/mol. The maximum absolute atomic E-state index is 12.2. The molecule has 0 spiro atoms. The first-order valence-electron chi connectivity index (χ1n) is 5.87. The number of benzene rings is 1. The predicted octanol–water partition coefficient (Wildman–Crippen LogP) is 2.75. The molecule has 2 aromatic rings. The van der Waals surface area contributed by atoms with Crippen LogP contribution in [0.25, 0.3) is 0 Å². The SMILES string of the molecule is CC(C(=O)Nc1ccccc1C#N)S(=O)c1cccs1. The first kappa shape index (κ1) is 14.4. The number of anilines is 1. The minimum Gasteiger partial charge on any atom is -0.324 e. The van der Waals surface area contributed by atoms with Gasteiger partial charge < -0.3 is 5.32 Å². The smallest absolute Gasteiger partial charge is 0.240 e. The fraction of sp³-hybridized carbons (Fsp3) is 0.143. The molecular weight excluding hydrogens is 292 g/mol. The summed E-state index contributed by atoms with van der Waals surface area (Å²) < 4.78 is 12.9. The standard InChI is InChI=1S/C14H12N2O2S2/c1-10(20(18)13-7-4-8-19-13)14(17)16-12-6-3-2-5-11(12)9-15/h2-8,10H,1H3,(H,16,17). The van der Waals surface area contributed by atoms with Crippen molar-refractivity contribution in [2.75, 3.05) is 5.32 Å². The van der Waals surface area contributed by atoms with Gasteiger partial charge in [-0.25, -0.2) is 0 Å². The Bertz CT molecular complexity index is 675. The number of hydrogen-bond acceptors (Lipinski definition) is 4. The third-order valence-corrected chi connectivity index (χ3v) is 5.52. The molecule has 1 amide bonds. The highest BCUT2D eigenvalue weighted by Gasteiger charge is 2.22. The highest BCUT2D eigenvalue weighted by Crippen LogP contribution is 2.19. The van der Waals surface area contributed by atoms with E-state index in [-0.39, 0.29) is 5.91 Å². The minimum absolute atomic E-state index is 0.362. The lowest BCUT2D eigenvalue weighted by Gasteiger charge is -2.11. The van der Waals surface area contributed by atoms with Crippen molar-refractivity contribution in [3.63, 3.8) is 0 Å². The van der Waals surface area contributed by atoms with Crippen molar-refractivity contribution in [1.29, 1.82) is 5.26 Å². The number of carbonyl (C=O) groups excluding carboxylic acids is 1. The molecule has 0 aliphatic carbocycles. The van der Waals surface area contributed by atoms with Crippen LogP contribution in [0.1, 0.15) is 12.5 Å². The van der Waals surface area contributed by atoms with Crippen LogP contribution in [0.15, 0.2) is 46.0 Å². The normalized spacial score (nSPS) is 13.2. The largest absolute Gasteiger partial charge is 0.324 e. The van der Waals surface area contributed by atoms with E-state index in [4.69, 9.17) is 5.26 Å². The number of carbonyl (C=O) groups is 1. The maximum Gasteiger partial charge on any atom is 0.240 e. The Hall–Kier alpha value is -1.97. The van der Waals surface area contributed by atoms with Gasteiger partial charge in [-0.3, -0.25) is 9.00 Å². The van der Waals surface area contributed by atoms with E-state index < -0.39 is 16.0 Å². The Labute approximate surface area is 123 Å². The first-order valence-corrected chi connectivity index (χ1v) is 7.97. The number of nitrogens with one attached hydrogen (secondary N) is 1. The van der Waals surface area contributed by atoms with Gasteiger partial charge in [0.2, 0.25) is 5.91 Å². The second-order valence-corrected chi connectivity index (χ2v) is 6.97. The van der Waals surface area contributed by atoms with E-state index in [2.05, 4.69) is 5.32 Å². The van der Waals surface area contributed by atoms with Gasteiger partial charge in [0.05, 0.1) is 26.3 Å². The van der Waals surface area contributed by atoms with Crippen LogP contribution < -0.4 is 5.32 Å². The first-order chi connectivity index (χ1) is 9.63. The summed E-state index contributed by atoms with van der Waals surface area (Å²) in [4.78, 5) is 12.1.